The maximum atomic E-state index is 3.71. The third kappa shape index (κ3) is 13.2. The smallest absolute Gasteiger partial charge is 0.0348 e. The van der Waals surface area contributed by atoms with Crippen LogP contribution in [0.2, 0.25) is 0 Å². The number of hydrogen-bond acceptors (Lipinski definition) is 0. The molecular formula is C15H26. The van der Waals surface area contributed by atoms with Gasteiger partial charge in [0.25, 0.3) is 0 Å². The maximum absolute atomic E-state index is 3.71. The molecular weight excluding hydrogens is 180 g/mol. The maximum Gasteiger partial charge on any atom is -0.0348 e. The van der Waals surface area contributed by atoms with Crippen molar-refractivity contribution < 1.29 is 0 Å². The van der Waals surface area contributed by atoms with Gasteiger partial charge in [0.15, 0.2) is 0 Å². The molecule has 0 spiro atoms. The second-order valence-electron chi connectivity index (χ2n) is 3.86. The minimum Gasteiger partial charge on any atom is -0.103 e. The third-order valence-corrected chi connectivity index (χ3v) is 2.34. The largest absolute Gasteiger partial charge is 0.103 e. The van der Waals surface area contributed by atoms with E-state index in [9.17, 15) is 0 Å². The van der Waals surface area contributed by atoms with E-state index in [0.29, 0.717) is 0 Å². The van der Waals surface area contributed by atoms with E-state index in [-0.39, 0.29) is 0 Å². The monoisotopic (exact) mass is 206 g/mol. The van der Waals surface area contributed by atoms with Crippen molar-refractivity contribution in [1.29, 1.82) is 0 Å². The average molecular weight is 206 g/mol. The van der Waals surface area contributed by atoms with Gasteiger partial charge in [0.05, 0.1) is 0 Å². The molecule has 0 atom stereocenters. The van der Waals surface area contributed by atoms with Gasteiger partial charge in [-0.25, -0.2) is 0 Å². The quantitative estimate of drug-likeness (QED) is 0.330. The number of hydrogen-bond donors (Lipinski definition) is 0. The highest BCUT2D eigenvalue weighted by Gasteiger charge is 1.83. The lowest BCUT2D eigenvalue weighted by molar-refractivity contribution is 0.757. The topological polar surface area (TPSA) is 0 Å². The summed E-state index contributed by atoms with van der Waals surface area (Å²) < 4.78 is 0. The van der Waals surface area contributed by atoms with Gasteiger partial charge in [0.2, 0.25) is 0 Å². The molecule has 0 saturated carbocycles. The van der Waals surface area contributed by atoms with Crippen LogP contribution in [0.15, 0.2) is 37.0 Å². The zero-order valence-corrected chi connectivity index (χ0v) is 10.3. The summed E-state index contributed by atoms with van der Waals surface area (Å²) >= 11 is 0. The summed E-state index contributed by atoms with van der Waals surface area (Å²) in [4.78, 5) is 0. The van der Waals surface area contributed by atoms with E-state index in [1.54, 1.807) is 0 Å². The van der Waals surface area contributed by atoms with Crippen LogP contribution in [0.5, 0.6) is 0 Å². The Morgan fingerprint density at radius 1 is 0.733 bits per heavy atom. The Hall–Kier alpha value is -0.780. The molecule has 0 unspecified atom stereocenters. The molecule has 15 heavy (non-hydrogen) atoms. The Morgan fingerprint density at radius 3 is 1.80 bits per heavy atom. The van der Waals surface area contributed by atoms with E-state index in [1.165, 1.54) is 44.9 Å². The predicted octanol–water partition coefficient (Wildman–Crippen LogP) is 5.43. The molecule has 0 nitrogen and oxygen atoms in total. The predicted molar refractivity (Wildman–Crippen MR) is 71.1 cm³/mol. The van der Waals surface area contributed by atoms with Gasteiger partial charge in [-0.2, -0.15) is 0 Å². The van der Waals surface area contributed by atoms with Gasteiger partial charge >= 0.3 is 0 Å². The van der Waals surface area contributed by atoms with E-state index in [1.807, 2.05) is 6.08 Å². The molecule has 0 bridgehead atoms. The molecule has 0 rings (SSSR count). The van der Waals surface area contributed by atoms with Gasteiger partial charge in [-0.1, -0.05) is 37.3 Å². The van der Waals surface area contributed by atoms with Crippen molar-refractivity contribution in [2.75, 3.05) is 0 Å². The molecule has 0 heterocycles. The molecule has 0 N–H and O–H groups in total. The lowest BCUT2D eigenvalue weighted by atomic mass is 10.1. The zero-order chi connectivity index (χ0) is 11.2. The van der Waals surface area contributed by atoms with Crippen molar-refractivity contribution in [3.8, 4) is 0 Å². The summed E-state index contributed by atoms with van der Waals surface area (Å²) in [5.41, 5.74) is 0. The summed E-state index contributed by atoms with van der Waals surface area (Å²) in [7, 11) is 0. The van der Waals surface area contributed by atoms with E-state index in [0.717, 1.165) is 6.42 Å². The molecule has 0 heteroatoms. The lowest BCUT2D eigenvalue weighted by Crippen LogP contribution is -1.73. The summed E-state index contributed by atoms with van der Waals surface area (Å²) in [5, 5.41) is 0. The molecule has 0 aliphatic carbocycles. The Morgan fingerprint density at radius 2 is 1.27 bits per heavy atom. The van der Waals surface area contributed by atoms with Crippen LogP contribution in [0.1, 0.15) is 58.3 Å². The van der Waals surface area contributed by atoms with Crippen molar-refractivity contribution in [3.63, 3.8) is 0 Å². The number of rotatable bonds is 10. The van der Waals surface area contributed by atoms with Crippen LogP contribution in [0, 0.1) is 0 Å². The van der Waals surface area contributed by atoms with E-state index >= 15 is 0 Å². The zero-order valence-electron chi connectivity index (χ0n) is 10.3. The summed E-state index contributed by atoms with van der Waals surface area (Å²) in [5.74, 6) is 0. The molecule has 0 aromatic heterocycles. The highest BCUT2D eigenvalue weighted by Crippen LogP contribution is 2.03. The molecule has 0 amide bonds. The first-order valence-electron chi connectivity index (χ1n) is 6.32. The molecule has 0 aliphatic rings. The van der Waals surface area contributed by atoms with Crippen molar-refractivity contribution in [3.05, 3.63) is 37.0 Å². The van der Waals surface area contributed by atoms with Crippen molar-refractivity contribution >= 4 is 0 Å². The van der Waals surface area contributed by atoms with Crippen LogP contribution in [-0.4, -0.2) is 0 Å². The second kappa shape index (κ2) is 13.2. The van der Waals surface area contributed by atoms with E-state index < -0.39 is 0 Å². The standard InChI is InChI=1S/C15H26/c1-3-5-7-9-11-13-15-14-12-10-8-6-4-2/h3,6,8,11,13H,1,4-5,7,9-10,12,14-15H2,2H3. The highest BCUT2D eigenvalue weighted by atomic mass is 13.9. The molecule has 0 fully saturated rings. The second-order valence-corrected chi connectivity index (χ2v) is 3.86. The fourth-order valence-corrected chi connectivity index (χ4v) is 1.42. The molecule has 0 aromatic carbocycles. The van der Waals surface area contributed by atoms with Gasteiger partial charge in [-0.15, -0.1) is 6.58 Å². The number of unbranched alkanes of at least 4 members (excludes halogenated alkanes) is 5. The highest BCUT2D eigenvalue weighted by molar-refractivity contribution is 4.84. The fourth-order valence-electron chi connectivity index (χ4n) is 1.42. The molecule has 0 radical (unpaired) electrons. The first-order valence-corrected chi connectivity index (χ1v) is 6.32. The van der Waals surface area contributed by atoms with Crippen LogP contribution in [-0.2, 0) is 0 Å². The Labute approximate surface area is 95.8 Å². The van der Waals surface area contributed by atoms with Gasteiger partial charge in [0.1, 0.15) is 0 Å². The van der Waals surface area contributed by atoms with E-state index in [4.69, 9.17) is 0 Å². The SMILES string of the molecule is C=CCCCC=CCCCCC=CCC. The Bertz CT molecular complexity index is 174. The lowest BCUT2D eigenvalue weighted by Gasteiger charge is -1.93. The van der Waals surface area contributed by atoms with Crippen LogP contribution in [0.25, 0.3) is 0 Å². The van der Waals surface area contributed by atoms with Crippen molar-refractivity contribution in [1.82, 2.24) is 0 Å². The Kier molecular flexibility index (Phi) is 12.5. The van der Waals surface area contributed by atoms with Gasteiger partial charge < -0.3 is 0 Å². The van der Waals surface area contributed by atoms with Crippen LogP contribution in [0.3, 0.4) is 0 Å². The summed E-state index contributed by atoms with van der Waals surface area (Å²) in [6, 6.07) is 0. The van der Waals surface area contributed by atoms with Crippen LogP contribution >= 0.6 is 0 Å². The molecule has 0 saturated heterocycles. The minimum atomic E-state index is 1.14. The first kappa shape index (κ1) is 14.2. The van der Waals surface area contributed by atoms with E-state index in [2.05, 4.69) is 37.8 Å². The summed E-state index contributed by atoms with van der Waals surface area (Å²) in [6.45, 7) is 5.90. The Balaban J connectivity index is 3.09. The van der Waals surface area contributed by atoms with Crippen molar-refractivity contribution in [2.45, 2.75) is 58.3 Å². The third-order valence-electron chi connectivity index (χ3n) is 2.34. The normalized spacial score (nSPS) is 11.5. The molecule has 0 aromatic rings. The first-order chi connectivity index (χ1) is 7.41. The fraction of sp³-hybridized carbons (Fsp3) is 0.600. The van der Waals surface area contributed by atoms with Crippen molar-refractivity contribution in [2.24, 2.45) is 0 Å². The van der Waals surface area contributed by atoms with Crippen LogP contribution < -0.4 is 0 Å². The van der Waals surface area contributed by atoms with Gasteiger partial charge in [0, 0.05) is 0 Å². The van der Waals surface area contributed by atoms with Gasteiger partial charge in [-0.05, 0) is 51.4 Å². The minimum absolute atomic E-state index is 1.14. The molecule has 86 valence electrons. The summed E-state index contributed by atoms with van der Waals surface area (Å²) in [6.07, 6.45) is 21.1. The average Bonchev–Trinajstić information content (AvgIpc) is 2.26. The number of allylic oxidation sites excluding steroid dienone is 5. The van der Waals surface area contributed by atoms with Crippen LogP contribution in [0.4, 0.5) is 0 Å². The van der Waals surface area contributed by atoms with Gasteiger partial charge in [-0.3, -0.25) is 0 Å². The molecule has 0 aliphatic heterocycles.